The van der Waals surface area contributed by atoms with Crippen LogP contribution in [0.1, 0.15) is 0 Å². The predicted octanol–water partition coefficient (Wildman–Crippen LogP) is 2.48. The first-order valence-electron chi connectivity index (χ1n) is 5.27. The van der Waals surface area contributed by atoms with Crippen molar-refractivity contribution in [2.24, 2.45) is 0 Å². The van der Waals surface area contributed by atoms with Crippen molar-refractivity contribution in [1.29, 1.82) is 0 Å². The zero-order valence-electron chi connectivity index (χ0n) is 9.54. The molecule has 0 spiro atoms. The normalized spacial score (nSPS) is 10.8. The van der Waals surface area contributed by atoms with Gasteiger partial charge in [0.15, 0.2) is 10.8 Å². The topological polar surface area (TPSA) is 52.8 Å². The lowest BCUT2D eigenvalue weighted by atomic mass is 10.3. The van der Waals surface area contributed by atoms with Gasteiger partial charge in [0.1, 0.15) is 23.9 Å². The first-order chi connectivity index (χ1) is 8.79. The molecule has 1 aromatic carbocycles. The zero-order chi connectivity index (χ0) is 12.5. The highest BCUT2D eigenvalue weighted by molar-refractivity contribution is 6.33. The summed E-state index contributed by atoms with van der Waals surface area (Å²) >= 11 is 6.08. The molecule has 0 saturated heterocycles. The Bertz CT molecular complexity index is 693. The Morgan fingerprint density at radius 1 is 1.11 bits per heavy atom. The third kappa shape index (κ3) is 1.69. The van der Waals surface area contributed by atoms with Gasteiger partial charge < -0.3 is 4.74 Å². The van der Waals surface area contributed by atoms with Gasteiger partial charge in [-0.25, -0.2) is 15.0 Å². The highest BCUT2D eigenvalue weighted by Gasteiger charge is 2.10. The molecular weight excluding hydrogens is 252 g/mol. The molecule has 0 aliphatic heterocycles. The van der Waals surface area contributed by atoms with Crippen molar-refractivity contribution >= 4 is 22.8 Å². The highest BCUT2D eigenvalue weighted by Crippen LogP contribution is 2.23. The van der Waals surface area contributed by atoms with E-state index in [1.807, 2.05) is 28.8 Å². The Hall–Kier alpha value is -2.14. The molecule has 0 saturated carbocycles. The molecule has 0 aliphatic rings. The van der Waals surface area contributed by atoms with Crippen LogP contribution in [0.4, 0.5) is 0 Å². The summed E-state index contributed by atoms with van der Waals surface area (Å²) in [5, 5.41) is 0.383. The van der Waals surface area contributed by atoms with E-state index in [0.717, 1.165) is 11.4 Å². The molecule has 0 unspecified atom stereocenters. The molecule has 0 fully saturated rings. The summed E-state index contributed by atoms with van der Waals surface area (Å²) < 4.78 is 6.97. The molecule has 3 rings (SSSR count). The van der Waals surface area contributed by atoms with Crippen LogP contribution in [0.2, 0.25) is 5.15 Å². The number of rotatable bonds is 2. The molecule has 90 valence electrons. The number of ether oxygens (including phenoxy) is 1. The van der Waals surface area contributed by atoms with Crippen LogP contribution in [-0.2, 0) is 0 Å². The van der Waals surface area contributed by atoms with Crippen LogP contribution in [0.15, 0.2) is 36.9 Å². The molecule has 0 bridgehead atoms. The van der Waals surface area contributed by atoms with Gasteiger partial charge in [0.2, 0.25) is 0 Å². The fourth-order valence-corrected chi connectivity index (χ4v) is 1.98. The summed E-state index contributed by atoms with van der Waals surface area (Å²) in [5.41, 5.74) is 2.20. The minimum Gasteiger partial charge on any atom is -0.497 e. The smallest absolute Gasteiger partial charge is 0.182 e. The molecule has 18 heavy (non-hydrogen) atoms. The molecule has 0 N–H and O–H groups in total. The third-order valence-corrected chi connectivity index (χ3v) is 2.92. The SMILES string of the molecule is COc1ccc(-n2cnc3ncnc(Cl)c32)cc1. The molecule has 6 heteroatoms. The molecule has 0 radical (unpaired) electrons. The molecule has 3 aromatic rings. The summed E-state index contributed by atoms with van der Waals surface area (Å²) in [7, 11) is 1.63. The number of methoxy groups -OCH3 is 1. The summed E-state index contributed by atoms with van der Waals surface area (Å²) in [6.45, 7) is 0. The predicted molar refractivity (Wildman–Crippen MR) is 68.2 cm³/mol. The molecule has 0 aliphatic carbocycles. The molecule has 0 atom stereocenters. The average Bonchev–Trinajstić information content (AvgIpc) is 2.84. The zero-order valence-corrected chi connectivity index (χ0v) is 10.3. The van der Waals surface area contributed by atoms with E-state index in [-0.39, 0.29) is 0 Å². The van der Waals surface area contributed by atoms with Crippen molar-refractivity contribution in [3.05, 3.63) is 42.1 Å². The Morgan fingerprint density at radius 3 is 2.61 bits per heavy atom. The van der Waals surface area contributed by atoms with Gasteiger partial charge in [-0.2, -0.15) is 0 Å². The summed E-state index contributed by atoms with van der Waals surface area (Å²) in [5.74, 6) is 0.797. The van der Waals surface area contributed by atoms with Gasteiger partial charge in [-0.05, 0) is 24.3 Å². The summed E-state index contributed by atoms with van der Waals surface area (Å²) in [6, 6.07) is 7.59. The van der Waals surface area contributed by atoms with Crippen LogP contribution in [0.5, 0.6) is 5.75 Å². The number of nitrogens with zero attached hydrogens (tertiary/aromatic N) is 4. The number of halogens is 1. The highest BCUT2D eigenvalue weighted by atomic mass is 35.5. The monoisotopic (exact) mass is 260 g/mol. The van der Waals surface area contributed by atoms with E-state index in [4.69, 9.17) is 16.3 Å². The van der Waals surface area contributed by atoms with Gasteiger partial charge in [-0.1, -0.05) is 11.6 Å². The van der Waals surface area contributed by atoms with E-state index in [2.05, 4.69) is 15.0 Å². The second kappa shape index (κ2) is 4.27. The Morgan fingerprint density at radius 2 is 1.89 bits per heavy atom. The number of aromatic nitrogens is 4. The maximum absolute atomic E-state index is 6.08. The maximum atomic E-state index is 6.08. The van der Waals surface area contributed by atoms with Crippen LogP contribution in [0.25, 0.3) is 16.9 Å². The van der Waals surface area contributed by atoms with Gasteiger partial charge in [0, 0.05) is 5.69 Å². The van der Waals surface area contributed by atoms with Gasteiger partial charge in [-0.3, -0.25) is 4.57 Å². The number of hydrogen-bond acceptors (Lipinski definition) is 4. The fraction of sp³-hybridized carbons (Fsp3) is 0.0833. The Kier molecular flexibility index (Phi) is 2.60. The fourth-order valence-electron chi connectivity index (χ4n) is 1.76. The van der Waals surface area contributed by atoms with Crippen molar-refractivity contribution in [3.63, 3.8) is 0 Å². The van der Waals surface area contributed by atoms with E-state index in [1.54, 1.807) is 13.4 Å². The van der Waals surface area contributed by atoms with Crippen molar-refractivity contribution in [2.75, 3.05) is 7.11 Å². The van der Waals surface area contributed by atoms with Crippen molar-refractivity contribution in [2.45, 2.75) is 0 Å². The second-order valence-electron chi connectivity index (χ2n) is 3.65. The minimum absolute atomic E-state index is 0.383. The van der Waals surface area contributed by atoms with Crippen LogP contribution < -0.4 is 4.74 Å². The largest absolute Gasteiger partial charge is 0.497 e. The number of imidazole rings is 1. The lowest BCUT2D eigenvalue weighted by molar-refractivity contribution is 0.415. The van der Waals surface area contributed by atoms with E-state index in [1.165, 1.54) is 6.33 Å². The lowest BCUT2D eigenvalue weighted by Gasteiger charge is -2.05. The van der Waals surface area contributed by atoms with E-state index >= 15 is 0 Å². The van der Waals surface area contributed by atoms with E-state index in [9.17, 15) is 0 Å². The molecule has 2 aromatic heterocycles. The molecular formula is C12H9ClN4O. The average molecular weight is 261 g/mol. The lowest BCUT2D eigenvalue weighted by Crippen LogP contribution is -1.94. The summed E-state index contributed by atoms with van der Waals surface area (Å²) in [6.07, 6.45) is 3.07. The van der Waals surface area contributed by atoms with E-state index < -0.39 is 0 Å². The molecule has 5 nitrogen and oxygen atoms in total. The minimum atomic E-state index is 0.383. The van der Waals surface area contributed by atoms with Gasteiger partial charge >= 0.3 is 0 Å². The first kappa shape index (κ1) is 11.0. The van der Waals surface area contributed by atoms with Gasteiger partial charge in [-0.15, -0.1) is 0 Å². The molecule has 2 heterocycles. The van der Waals surface area contributed by atoms with Gasteiger partial charge in [0.25, 0.3) is 0 Å². The quantitative estimate of drug-likeness (QED) is 0.664. The number of fused-ring (bicyclic) bond motifs is 1. The molecule has 0 amide bonds. The van der Waals surface area contributed by atoms with Crippen LogP contribution in [0.3, 0.4) is 0 Å². The third-order valence-electron chi connectivity index (χ3n) is 2.65. The number of hydrogen-bond donors (Lipinski definition) is 0. The van der Waals surface area contributed by atoms with Crippen molar-refractivity contribution < 1.29 is 4.74 Å². The standard InChI is InChI=1S/C12H9ClN4O/c1-18-9-4-2-8(3-5-9)17-7-16-12-10(17)11(13)14-6-15-12/h2-7H,1H3. The van der Waals surface area contributed by atoms with Crippen LogP contribution in [-0.4, -0.2) is 26.6 Å². The Balaban J connectivity index is 2.18. The van der Waals surface area contributed by atoms with Crippen LogP contribution in [0, 0.1) is 0 Å². The number of benzene rings is 1. The maximum Gasteiger partial charge on any atom is 0.182 e. The summed E-state index contributed by atoms with van der Waals surface area (Å²) in [4.78, 5) is 12.2. The van der Waals surface area contributed by atoms with Gasteiger partial charge in [0.05, 0.1) is 7.11 Å². The second-order valence-corrected chi connectivity index (χ2v) is 4.01. The van der Waals surface area contributed by atoms with Crippen molar-refractivity contribution in [1.82, 2.24) is 19.5 Å². The van der Waals surface area contributed by atoms with Crippen molar-refractivity contribution in [3.8, 4) is 11.4 Å². The van der Waals surface area contributed by atoms with E-state index in [0.29, 0.717) is 16.3 Å². The Labute approximate surface area is 108 Å². The first-order valence-corrected chi connectivity index (χ1v) is 5.65. The van der Waals surface area contributed by atoms with Crippen LogP contribution >= 0.6 is 11.6 Å².